The van der Waals surface area contributed by atoms with Gasteiger partial charge in [0.15, 0.2) is 0 Å². The predicted molar refractivity (Wildman–Crippen MR) is 118 cm³/mol. The Morgan fingerprint density at radius 3 is 2.77 bits per heavy atom. The van der Waals surface area contributed by atoms with E-state index >= 15 is 0 Å². The SMILES string of the molecule is COc1cccc([C@@H]2C[C@H](CNC(=O)c3[nH]c(=O)[nH]c(=O)c3N)Cc3ccccc32)c1. The summed E-state index contributed by atoms with van der Waals surface area (Å²) >= 11 is 0. The number of nitrogens with one attached hydrogen (secondary N) is 3. The molecule has 1 heterocycles. The zero-order valence-electron chi connectivity index (χ0n) is 17.1. The number of anilines is 1. The first-order valence-corrected chi connectivity index (χ1v) is 10.1. The summed E-state index contributed by atoms with van der Waals surface area (Å²) in [6.45, 7) is 0.391. The molecule has 31 heavy (non-hydrogen) atoms. The molecule has 8 nitrogen and oxygen atoms in total. The number of hydrogen-bond acceptors (Lipinski definition) is 5. The lowest BCUT2D eigenvalue weighted by molar-refractivity contribution is 0.0940. The van der Waals surface area contributed by atoms with Gasteiger partial charge in [0, 0.05) is 12.5 Å². The van der Waals surface area contributed by atoms with E-state index in [9.17, 15) is 14.4 Å². The molecule has 8 heteroatoms. The maximum atomic E-state index is 12.6. The highest BCUT2D eigenvalue weighted by Gasteiger charge is 2.28. The molecular weight excluding hydrogens is 396 g/mol. The number of ether oxygens (including phenoxy) is 1. The third-order valence-electron chi connectivity index (χ3n) is 5.76. The lowest BCUT2D eigenvalue weighted by Crippen LogP contribution is -2.37. The molecule has 3 aromatic rings. The Balaban J connectivity index is 1.56. The van der Waals surface area contributed by atoms with Gasteiger partial charge in [0.25, 0.3) is 11.5 Å². The summed E-state index contributed by atoms with van der Waals surface area (Å²) < 4.78 is 5.39. The van der Waals surface area contributed by atoms with Crippen LogP contribution in [0.25, 0.3) is 0 Å². The summed E-state index contributed by atoms with van der Waals surface area (Å²) in [4.78, 5) is 40.0. The van der Waals surface area contributed by atoms with Crippen LogP contribution in [0, 0.1) is 5.92 Å². The number of benzene rings is 2. The van der Waals surface area contributed by atoms with Gasteiger partial charge in [0.1, 0.15) is 17.1 Å². The fourth-order valence-electron chi connectivity index (χ4n) is 4.24. The summed E-state index contributed by atoms with van der Waals surface area (Å²) in [5, 5.41) is 2.82. The molecular formula is C23H24N4O4. The van der Waals surface area contributed by atoms with Crippen LogP contribution in [0.3, 0.4) is 0 Å². The maximum Gasteiger partial charge on any atom is 0.326 e. The Labute approximate surface area is 178 Å². The van der Waals surface area contributed by atoms with E-state index in [1.807, 2.05) is 35.3 Å². The van der Waals surface area contributed by atoms with Crippen LogP contribution in [0.4, 0.5) is 5.69 Å². The number of rotatable bonds is 5. The molecule has 0 saturated heterocycles. The second kappa shape index (κ2) is 8.51. The zero-order valence-corrected chi connectivity index (χ0v) is 17.1. The number of aromatic amines is 2. The first kappa shape index (κ1) is 20.5. The van der Waals surface area contributed by atoms with Crippen molar-refractivity contribution < 1.29 is 9.53 Å². The van der Waals surface area contributed by atoms with Gasteiger partial charge in [-0.25, -0.2) is 4.79 Å². The first-order chi connectivity index (χ1) is 15.0. The smallest absolute Gasteiger partial charge is 0.326 e. The van der Waals surface area contributed by atoms with E-state index < -0.39 is 17.2 Å². The second-order valence-corrected chi connectivity index (χ2v) is 7.74. The molecule has 1 aliphatic rings. The Hall–Kier alpha value is -3.81. The molecule has 2 atom stereocenters. The fourth-order valence-corrected chi connectivity index (χ4v) is 4.24. The molecule has 0 saturated carbocycles. The molecule has 0 spiro atoms. The van der Waals surface area contributed by atoms with Crippen molar-refractivity contribution in [2.24, 2.45) is 5.92 Å². The van der Waals surface area contributed by atoms with Crippen LogP contribution in [0.5, 0.6) is 5.75 Å². The van der Waals surface area contributed by atoms with E-state index in [4.69, 9.17) is 10.5 Å². The van der Waals surface area contributed by atoms with Crippen LogP contribution >= 0.6 is 0 Å². The van der Waals surface area contributed by atoms with Gasteiger partial charge in [0.05, 0.1) is 7.11 Å². The van der Waals surface area contributed by atoms with Crippen LogP contribution in [-0.2, 0) is 6.42 Å². The highest BCUT2D eigenvalue weighted by atomic mass is 16.5. The van der Waals surface area contributed by atoms with Crippen molar-refractivity contribution in [3.63, 3.8) is 0 Å². The summed E-state index contributed by atoms with van der Waals surface area (Å²) in [5.41, 5.74) is 7.27. The average molecular weight is 420 g/mol. The fraction of sp³-hybridized carbons (Fsp3) is 0.261. The zero-order chi connectivity index (χ0) is 22.0. The molecule has 0 fully saturated rings. The van der Waals surface area contributed by atoms with Crippen LogP contribution in [0.15, 0.2) is 58.1 Å². The van der Waals surface area contributed by atoms with Crippen LogP contribution in [0.2, 0.25) is 0 Å². The van der Waals surface area contributed by atoms with Gasteiger partial charge in [-0.2, -0.15) is 0 Å². The van der Waals surface area contributed by atoms with E-state index in [1.165, 1.54) is 11.1 Å². The van der Waals surface area contributed by atoms with Gasteiger partial charge in [0.2, 0.25) is 0 Å². The van der Waals surface area contributed by atoms with Crippen LogP contribution < -0.4 is 27.0 Å². The Kier molecular flexibility index (Phi) is 5.62. The van der Waals surface area contributed by atoms with Crippen LogP contribution in [0.1, 0.15) is 39.5 Å². The highest BCUT2D eigenvalue weighted by molar-refractivity contribution is 5.96. The largest absolute Gasteiger partial charge is 0.497 e. The van der Waals surface area contributed by atoms with Crippen molar-refractivity contribution in [1.29, 1.82) is 0 Å². The lowest BCUT2D eigenvalue weighted by Gasteiger charge is -2.32. The average Bonchev–Trinajstić information content (AvgIpc) is 2.79. The predicted octanol–water partition coefficient (Wildman–Crippen LogP) is 1.78. The van der Waals surface area contributed by atoms with E-state index in [0.717, 1.165) is 24.2 Å². The van der Waals surface area contributed by atoms with Crippen LogP contribution in [-0.4, -0.2) is 29.5 Å². The highest BCUT2D eigenvalue weighted by Crippen LogP contribution is 2.39. The number of carbonyl (C=O) groups excluding carboxylic acids is 1. The number of nitrogen functional groups attached to an aromatic ring is 1. The normalized spacial score (nSPS) is 17.6. The Bertz CT molecular complexity index is 1230. The monoisotopic (exact) mass is 420 g/mol. The van der Waals surface area contributed by atoms with Gasteiger partial charge >= 0.3 is 5.69 Å². The Morgan fingerprint density at radius 1 is 1.16 bits per heavy atom. The van der Waals surface area contributed by atoms with Crippen molar-refractivity contribution in [2.75, 3.05) is 19.4 Å². The molecule has 4 rings (SSSR count). The summed E-state index contributed by atoms with van der Waals surface area (Å²) in [5.74, 6) is 0.577. The minimum atomic E-state index is -0.779. The number of H-pyrrole nitrogens is 2. The van der Waals surface area contributed by atoms with Gasteiger partial charge in [-0.3, -0.25) is 14.6 Å². The standard InChI is InChI=1S/C23H24N4O4/c1-31-16-7-4-6-15(11-16)18-10-13(9-14-5-2-3-8-17(14)18)12-25-22(29)20-19(24)21(28)27-23(30)26-20/h2-8,11,13,18H,9-10,12,24H2,1H3,(H,25,29)(H2,26,27,28,30)/t13-,18+/m1/s1. The summed E-state index contributed by atoms with van der Waals surface area (Å²) in [6.07, 6.45) is 1.66. The minimum Gasteiger partial charge on any atom is -0.497 e. The van der Waals surface area contributed by atoms with Crippen molar-refractivity contribution in [2.45, 2.75) is 18.8 Å². The van der Waals surface area contributed by atoms with Crippen molar-refractivity contribution in [3.8, 4) is 5.75 Å². The van der Waals surface area contributed by atoms with E-state index in [1.54, 1.807) is 7.11 Å². The molecule has 1 aliphatic carbocycles. The molecule has 0 unspecified atom stereocenters. The maximum absolute atomic E-state index is 12.6. The summed E-state index contributed by atoms with van der Waals surface area (Å²) in [6, 6.07) is 16.4. The number of nitrogens with two attached hydrogens (primary N) is 1. The molecule has 2 aromatic carbocycles. The van der Waals surface area contributed by atoms with Gasteiger partial charge in [-0.15, -0.1) is 0 Å². The molecule has 0 aliphatic heterocycles. The third kappa shape index (κ3) is 4.23. The van der Waals surface area contributed by atoms with Gasteiger partial charge in [-0.1, -0.05) is 36.4 Å². The van der Waals surface area contributed by atoms with Crippen molar-refractivity contribution in [1.82, 2.24) is 15.3 Å². The molecule has 160 valence electrons. The van der Waals surface area contributed by atoms with Gasteiger partial charge < -0.3 is 20.8 Å². The number of methoxy groups -OCH3 is 1. The van der Waals surface area contributed by atoms with Crippen molar-refractivity contribution in [3.05, 3.63) is 91.8 Å². The third-order valence-corrected chi connectivity index (χ3v) is 5.76. The van der Waals surface area contributed by atoms with E-state index in [-0.39, 0.29) is 23.2 Å². The minimum absolute atomic E-state index is 0.171. The second-order valence-electron chi connectivity index (χ2n) is 7.74. The van der Waals surface area contributed by atoms with E-state index in [2.05, 4.69) is 28.5 Å². The topological polar surface area (TPSA) is 130 Å². The lowest BCUT2D eigenvalue weighted by atomic mass is 9.74. The van der Waals surface area contributed by atoms with E-state index in [0.29, 0.717) is 6.54 Å². The molecule has 1 aromatic heterocycles. The molecule has 0 radical (unpaired) electrons. The molecule has 5 N–H and O–H groups in total. The number of aromatic nitrogens is 2. The first-order valence-electron chi connectivity index (χ1n) is 10.1. The molecule has 0 bridgehead atoms. The Morgan fingerprint density at radius 2 is 1.97 bits per heavy atom. The number of amides is 1. The molecule has 1 amide bonds. The van der Waals surface area contributed by atoms with Gasteiger partial charge in [-0.05, 0) is 47.6 Å². The quantitative estimate of drug-likeness (QED) is 0.500. The van der Waals surface area contributed by atoms with Crippen molar-refractivity contribution >= 4 is 11.6 Å². The summed E-state index contributed by atoms with van der Waals surface area (Å²) in [7, 11) is 1.65. The number of carbonyl (C=O) groups is 1. The number of hydrogen-bond donors (Lipinski definition) is 4. The number of fused-ring (bicyclic) bond motifs is 1.